The van der Waals surface area contributed by atoms with Gasteiger partial charge in [0.05, 0.1) is 6.61 Å². The summed E-state index contributed by atoms with van der Waals surface area (Å²) in [6, 6.07) is 9.30. The van der Waals surface area contributed by atoms with E-state index >= 15 is 0 Å². The van der Waals surface area contributed by atoms with Gasteiger partial charge in [-0.1, -0.05) is 101 Å². The summed E-state index contributed by atoms with van der Waals surface area (Å²) in [6.45, 7) is 5.88. The molecule has 0 aliphatic rings. The van der Waals surface area contributed by atoms with E-state index in [0.29, 0.717) is 0 Å². The van der Waals surface area contributed by atoms with Crippen LogP contribution in [0.15, 0.2) is 30.3 Å². The standard InChI is InChI=1S/C22H38O4S/c1-4-5-6-7-8-9-10-11-12-13-17-20-25-27(23,24)26-22(2,3)21-18-15-14-16-19-21/h14-16,18-19H,4-13,17,20H2,1-3H3. The summed E-state index contributed by atoms with van der Waals surface area (Å²) < 4.78 is 34.4. The van der Waals surface area contributed by atoms with Gasteiger partial charge in [0.2, 0.25) is 0 Å². The van der Waals surface area contributed by atoms with Crippen molar-refractivity contribution < 1.29 is 16.8 Å². The molecule has 27 heavy (non-hydrogen) atoms. The van der Waals surface area contributed by atoms with Gasteiger partial charge in [-0.2, -0.15) is 8.42 Å². The van der Waals surface area contributed by atoms with Crippen molar-refractivity contribution in [2.45, 2.75) is 97.0 Å². The monoisotopic (exact) mass is 398 g/mol. The Labute approximate surface area is 167 Å². The van der Waals surface area contributed by atoms with Gasteiger partial charge in [0.25, 0.3) is 0 Å². The highest BCUT2D eigenvalue weighted by atomic mass is 32.3. The Kier molecular flexibility index (Phi) is 11.9. The fourth-order valence-electron chi connectivity index (χ4n) is 3.09. The summed E-state index contributed by atoms with van der Waals surface area (Å²) in [5.41, 5.74) is -0.149. The molecule has 0 amide bonds. The fourth-order valence-corrected chi connectivity index (χ4v) is 4.07. The van der Waals surface area contributed by atoms with Crippen LogP contribution in [-0.4, -0.2) is 15.0 Å². The lowest BCUT2D eigenvalue weighted by molar-refractivity contribution is 0.0846. The van der Waals surface area contributed by atoms with Gasteiger partial charge in [0.1, 0.15) is 5.60 Å². The zero-order valence-electron chi connectivity index (χ0n) is 17.4. The Morgan fingerprint density at radius 3 is 1.78 bits per heavy atom. The summed E-state index contributed by atoms with van der Waals surface area (Å²) in [5, 5.41) is 0. The van der Waals surface area contributed by atoms with Gasteiger partial charge < -0.3 is 0 Å². The molecule has 0 fully saturated rings. The summed E-state index contributed by atoms with van der Waals surface area (Å²) in [5.74, 6) is 0. The molecule has 0 bridgehead atoms. The zero-order chi connectivity index (χ0) is 20.0. The second kappa shape index (κ2) is 13.3. The zero-order valence-corrected chi connectivity index (χ0v) is 18.2. The lowest BCUT2D eigenvalue weighted by atomic mass is 9.99. The molecular formula is C22H38O4S. The number of benzene rings is 1. The second-order valence-corrected chi connectivity index (χ2v) is 8.94. The molecule has 0 atom stereocenters. The van der Waals surface area contributed by atoms with Crippen LogP contribution in [0.1, 0.15) is 97.0 Å². The molecule has 4 nitrogen and oxygen atoms in total. The second-order valence-electron chi connectivity index (χ2n) is 7.73. The van der Waals surface area contributed by atoms with E-state index in [-0.39, 0.29) is 6.61 Å². The van der Waals surface area contributed by atoms with Crippen molar-refractivity contribution in [1.82, 2.24) is 0 Å². The van der Waals surface area contributed by atoms with E-state index in [1.165, 1.54) is 51.4 Å². The Balaban J connectivity index is 2.10. The summed E-state index contributed by atoms with van der Waals surface area (Å²) in [7, 11) is -4.00. The van der Waals surface area contributed by atoms with Crippen molar-refractivity contribution in [3.8, 4) is 0 Å². The van der Waals surface area contributed by atoms with Crippen molar-refractivity contribution in [1.29, 1.82) is 0 Å². The van der Waals surface area contributed by atoms with E-state index in [1.807, 2.05) is 30.3 Å². The highest BCUT2D eigenvalue weighted by molar-refractivity contribution is 7.81. The largest absolute Gasteiger partial charge is 0.400 e. The van der Waals surface area contributed by atoms with Crippen LogP contribution in [0.5, 0.6) is 0 Å². The highest BCUT2D eigenvalue weighted by Crippen LogP contribution is 2.27. The first-order valence-corrected chi connectivity index (χ1v) is 11.9. The van der Waals surface area contributed by atoms with E-state index in [4.69, 9.17) is 8.37 Å². The van der Waals surface area contributed by atoms with Crippen molar-refractivity contribution in [2.24, 2.45) is 0 Å². The predicted octanol–water partition coefficient (Wildman–Crippen LogP) is 6.51. The van der Waals surface area contributed by atoms with Crippen LogP contribution in [0.2, 0.25) is 0 Å². The minimum Gasteiger partial charge on any atom is -0.248 e. The van der Waals surface area contributed by atoms with Crippen LogP contribution in [0.4, 0.5) is 0 Å². The van der Waals surface area contributed by atoms with E-state index in [1.54, 1.807) is 13.8 Å². The molecule has 0 aliphatic carbocycles. The van der Waals surface area contributed by atoms with E-state index in [9.17, 15) is 8.42 Å². The molecule has 0 unspecified atom stereocenters. The maximum absolute atomic E-state index is 12.1. The first-order valence-electron chi connectivity index (χ1n) is 10.5. The fraction of sp³-hybridized carbons (Fsp3) is 0.727. The van der Waals surface area contributed by atoms with Crippen LogP contribution in [0.25, 0.3) is 0 Å². The van der Waals surface area contributed by atoms with E-state index in [2.05, 4.69) is 6.92 Å². The van der Waals surface area contributed by atoms with E-state index in [0.717, 1.165) is 24.8 Å². The Hall–Kier alpha value is -0.910. The predicted molar refractivity (Wildman–Crippen MR) is 112 cm³/mol. The molecule has 0 aliphatic heterocycles. The maximum Gasteiger partial charge on any atom is 0.400 e. The van der Waals surface area contributed by atoms with Gasteiger partial charge in [-0.25, -0.2) is 8.37 Å². The van der Waals surface area contributed by atoms with Crippen LogP contribution in [0, 0.1) is 0 Å². The minimum atomic E-state index is -4.00. The average molecular weight is 399 g/mol. The topological polar surface area (TPSA) is 52.6 Å². The number of rotatable bonds is 16. The van der Waals surface area contributed by atoms with Crippen molar-refractivity contribution in [3.63, 3.8) is 0 Å². The molecule has 0 N–H and O–H groups in total. The molecule has 0 heterocycles. The molecule has 1 aromatic rings. The van der Waals surface area contributed by atoms with Crippen molar-refractivity contribution in [3.05, 3.63) is 35.9 Å². The lowest BCUT2D eigenvalue weighted by Crippen LogP contribution is -2.27. The highest BCUT2D eigenvalue weighted by Gasteiger charge is 2.29. The van der Waals surface area contributed by atoms with Gasteiger partial charge in [-0.15, -0.1) is 0 Å². The molecule has 0 aromatic heterocycles. The summed E-state index contributed by atoms with van der Waals surface area (Å²) in [6.07, 6.45) is 13.4. The van der Waals surface area contributed by atoms with Crippen LogP contribution < -0.4 is 0 Å². The SMILES string of the molecule is CCCCCCCCCCCCCOS(=O)(=O)OC(C)(C)c1ccccc1. The van der Waals surface area contributed by atoms with Gasteiger partial charge in [-0.05, 0) is 25.8 Å². The molecule has 1 rings (SSSR count). The van der Waals surface area contributed by atoms with Gasteiger partial charge in [0, 0.05) is 0 Å². The van der Waals surface area contributed by atoms with Crippen LogP contribution in [0.3, 0.4) is 0 Å². The third-order valence-corrected chi connectivity index (χ3v) is 5.83. The van der Waals surface area contributed by atoms with Crippen LogP contribution >= 0.6 is 0 Å². The van der Waals surface area contributed by atoms with Crippen molar-refractivity contribution in [2.75, 3.05) is 6.61 Å². The minimum absolute atomic E-state index is 0.185. The average Bonchev–Trinajstić information content (AvgIpc) is 2.62. The molecule has 0 spiro atoms. The first-order chi connectivity index (χ1) is 12.9. The molecule has 0 saturated heterocycles. The number of hydrogen-bond donors (Lipinski definition) is 0. The lowest BCUT2D eigenvalue weighted by Gasteiger charge is -2.24. The third-order valence-electron chi connectivity index (χ3n) is 4.75. The summed E-state index contributed by atoms with van der Waals surface area (Å²) >= 11 is 0. The number of hydrogen-bond acceptors (Lipinski definition) is 4. The molecular weight excluding hydrogens is 360 g/mol. The molecule has 0 saturated carbocycles. The normalized spacial score (nSPS) is 12.4. The third kappa shape index (κ3) is 11.5. The molecule has 156 valence electrons. The van der Waals surface area contributed by atoms with Crippen LogP contribution in [-0.2, 0) is 24.4 Å². The molecule has 0 radical (unpaired) electrons. The van der Waals surface area contributed by atoms with Gasteiger partial charge >= 0.3 is 10.4 Å². The first kappa shape index (κ1) is 24.1. The summed E-state index contributed by atoms with van der Waals surface area (Å²) in [4.78, 5) is 0. The van der Waals surface area contributed by atoms with Gasteiger partial charge in [0.15, 0.2) is 0 Å². The maximum atomic E-state index is 12.1. The van der Waals surface area contributed by atoms with Gasteiger partial charge in [-0.3, -0.25) is 0 Å². The van der Waals surface area contributed by atoms with Crippen molar-refractivity contribution >= 4 is 10.4 Å². The Morgan fingerprint density at radius 2 is 1.26 bits per heavy atom. The Morgan fingerprint density at radius 1 is 0.778 bits per heavy atom. The smallest absolute Gasteiger partial charge is 0.248 e. The Bertz CT molecular complexity index is 582. The molecule has 1 aromatic carbocycles. The quantitative estimate of drug-likeness (QED) is 0.298. The number of unbranched alkanes of at least 4 members (excludes halogenated alkanes) is 10. The molecule has 5 heteroatoms. The van der Waals surface area contributed by atoms with E-state index < -0.39 is 16.0 Å².